The summed E-state index contributed by atoms with van der Waals surface area (Å²) in [5.41, 5.74) is 1.50. The summed E-state index contributed by atoms with van der Waals surface area (Å²) in [6.45, 7) is 2.61. The largest absolute Gasteiger partial charge is 0.300 e. The van der Waals surface area contributed by atoms with Crippen molar-refractivity contribution in [2.24, 2.45) is 5.92 Å². The van der Waals surface area contributed by atoms with Gasteiger partial charge in [0.1, 0.15) is 0 Å². The van der Waals surface area contributed by atoms with E-state index in [0.29, 0.717) is 0 Å². The van der Waals surface area contributed by atoms with Crippen LogP contribution in [0.25, 0.3) is 0 Å². The van der Waals surface area contributed by atoms with Crippen molar-refractivity contribution in [3.8, 4) is 0 Å². The minimum absolute atomic E-state index is 0.913. The van der Waals surface area contributed by atoms with Gasteiger partial charge in [-0.3, -0.25) is 4.90 Å². The van der Waals surface area contributed by atoms with Gasteiger partial charge in [0.2, 0.25) is 0 Å². The summed E-state index contributed by atoms with van der Waals surface area (Å²) in [6, 6.07) is 11.9. The Hall–Kier alpha value is -0.820. The molecule has 18 heavy (non-hydrogen) atoms. The minimum Gasteiger partial charge on any atom is -0.300 e. The molecule has 1 saturated carbocycles. The van der Waals surface area contributed by atoms with Crippen LogP contribution in [-0.4, -0.2) is 24.0 Å². The van der Waals surface area contributed by atoms with Gasteiger partial charge in [0.15, 0.2) is 0 Å². The highest BCUT2D eigenvalue weighted by Crippen LogP contribution is 2.35. The second-order valence-corrected chi connectivity index (χ2v) is 6.03. The van der Waals surface area contributed by atoms with Gasteiger partial charge in [-0.25, -0.2) is 0 Å². The average molecular weight is 243 g/mol. The molecule has 1 heterocycles. The van der Waals surface area contributed by atoms with Gasteiger partial charge >= 0.3 is 0 Å². The second-order valence-electron chi connectivity index (χ2n) is 6.03. The number of rotatable bonds is 3. The van der Waals surface area contributed by atoms with Gasteiger partial charge in [0.25, 0.3) is 0 Å². The Morgan fingerprint density at radius 1 is 0.944 bits per heavy atom. The summed E-state index contributed by atoms with van der Waals surface area (Å²) < 4.78 is 0. The number of fused-ring (bicyclic) bond motifs is 1. The first-order valence-electron chi connectivity index (χ1n) is 7.71. The SMILES string of the molecule is c1ccc(CCN2CCC[C@@H]3CCCC[C@H]32)cc1. The van der Waals surface area contributed by atoms with Gasteiger partial charge in [-0.1, -0.05) is 43.2 Å². The molecule has 0 aromatic heterocycles. The van der Waals surface area contributed by atoms with Crippen LogP contribution in [0, 0.1) is 5.92 Å². The number of nitrogens with zero attached hydrogens (tertiary/aromatic N) is 1. The van der Waals surface area contributed by atoms with Crippen LogP contribution in [0.2, 0.25) is 0 Å². The lowest BCUT2D eigenvalue weighted by Gasteiger charge is -2.44. The van der Waals surface area contributed by atoms with Gasteiger partial charge in [0, 0.05) is 12.6 Å². The molecule has 1 aromatic rings. The first-order chi connectivity index (χ1) is 8.93. The van der Waals surface area contributed by atoms with Crippen LogP contribution in [0.4, 0.5) is 0 Å². The van der Waals surface area contributed by atoms with E-state index in [-0.39, 0.29) is 0 Å². The summed E-state index contributed by atoms with van der Waals surface area (Å²) in [6.07, 6.45) is 10.0. The third-order valence-electron chi connectivity index (χ3n) is 4.89. The predicted molar refractivity (Wildman–Crippen MR) is 76.7 cm³/mol. The number of hydrogen-bond acceptors (Lipinski definition) is 1. The fourth-order valence-electron chi connectivity index (χ4n) is 3.92. The zero-order valence-corrected chi connectivity index (χ0v) is 11.4. The molecule has 1 aliphatic heterocycles. The maximum absolute atomic E-state index is 2.79. The third kappa shape index (κ3) is 2.77. The van der Waals surface area contributed by atoms with Gasteiger partial charge in [-0.2, -0.15) is 0 Å². The summed E-state index contributed by atoms with van der Waals surface area (Å²) >= 11 is 0. The van der Waals surface area contributed by atoms with Crippen molar-refractivity contribution in [3.05, 3.63) is 35.9 Å². The molecule has 1 saturated heterocycles. The van der Waals surface area contributed by atoms with E-state index in [1.54, 1.807) is 0 Å². The Bertz CT molecular complexity index is 357. The predicted octanol–water partition coefficient (Wildman–Crippen LogP) is 3.88. The van der Waals surface area contributed by atoms with E-state index in [4.69, 9.17) is 0 Å². The molecule has 0 N–H and O–H groups in total. The molecular weight excluding hydrogens is 218 g/mol. The molecule has 0 spiro atoms. The zero-order valence-electron chi connectivity index (χ0n) is 11.4. The summed E-state index contributed by atoms with van der Waals surface area (Å²) in [4.78, 5) is 2.79. The molecule has 0 unspecified atom stereocenters. The highest BCUT2D eigenvalue weighted by Gasteiger charge is 2.32. The van der Waals surface area contributed by atoms with Gasteiger partial charge < -0.3 is 0 Å². The quantitative estimate of drug-likeness (QED) is 0.778. The molecule has 98 valence electrons. The van der Waals surface area contributed by atoms with E-state index in [0.717, 1.165) is 12.0 Å². The number of hydrogen-bond donors (Lipinski definition) is 0. The molecule has 3 rings (SSSR count). The molecule has 1 aromatic carbocycles. The van der Waals surface area contributed by atoms with E-state index >= 15 is 0 Å². The molecule has 0 bridgehead atoms. The summed E-state index contributed by atoms with van der Waals surface area (Å²) in [7, 11) is 0. The number of benzene rings is 1. The molecule has 1 nitrogen and oxygen atoms in total. The zero-order chi connectivity index (χ0) is 12.2. The standard InChI is InChI=1S/C17H25N/c1-2-7-15(8-3-1)12-14-18-13-6-10-16-9-4-5-11-17(16)18/h1-3,7-8,16-17H,4-6,9-14H2/t16-,17+/m0/s1. The topological polar surface area (TPSA) is 3.24 Å². The number of likely N-dealkylation sites (tertiary alicyclic amines) is 1. The Morgan fingerprint density at radius 3 is 2.61 bits per heavy atom. The molecule has 0 radical (unpaired) electrons. The maximum Gasteiger partial charge on any atom is 0.0124 e. The Kier molecular flexibility index (Phi) is 3.99. The van der Waals surface area contributed by atoms with Crippen LogP contribution < -0.4 is 0 Å². The summed E-state index contributed by atoms with van der Waals surface area (Å²) in [5.74, 6) is 1.02. The van der Waals surface area contributed by atoms with E-state index in [1.165, 1.54) is 63.6 Å². The molecule has 2 aliphatic rings. The molecule has 2 fully saturated rings. The lowest BCUT2D eigenvalue weighted by molar-refractivity contribution is 0.0620. The van der Waals surface area contributed by atoms with Crippen molar-refractivity contribution in [3.63, 3.8) is 0 Å². The normalized spacial score (nSPS) is 28.9. The maximum atomic E-state index is 2.79. The summed E-state index contributed by atoms with van der Waals surface area (Å²) in [5, 5.41) is 0. The Morgan fingerprint density at radius 2 is 1.72 bits per heavy atom. The van der Waals surface area contributed by atoms with Gasteiger partial charge in [0.05, 0.1) is 0 Å². The molecule has 2 atom stereocenters. The molecule has 1 aliphatic carbocycles. The van der Waals surface area contributed by atoms with Crippen LogP contribution in [0.1, 0.15) is 44.1 Å². The monoisotopic (exact) mass is 243 g/mol. The lowest BCUT2D eigenvalue weighted by Crippen LogP contribution is -2.47. The van der Waals surface area contributed by atoms with E-state index in [9.17, 15) is 0 Å². The van der Waals surface area contributed by atoms with E-state index in [2.05, 4.69) is 35.2 Å². The smallest absolute Gasteiger partial charge is 0.0124 e. The first-order valence-corrected chi connectivity index (χ1v) is 7.71. The molecule has 1 heteroatoms. The Balaban J connectivity index is 1.58. The van der Waals surface area contributed by atoms with Crippen molar-refractivity contribution < 1.29 is 0 Å². The van der Waals surface area contributed by atoms with Gasteiger partial charge in [-0.05, 0) is 50.1 Å². The van der Waals surface area contributed by atoms with Crippen LogP contribution in [0.15, 0.2) is 30.3 Å². The highest BCUT2D eigenvalue weighted by molar-refractivity contribution is 5.15. The Labute approximate surface area is 111 Å². The van der Waals surface area contributed by atoms with Crippen molar-refractivity contribution >= 4 is 0 Å². The van der Waals surface area contributed by atoms with Crippen molar-refractivity contribution in [2.45, 2.75) is 51.0 Å². The van der Waals surface area contributed by atoms with Crippen molar-refractivity contribution in [1.82, 2.24) is 4.90 Å². The van der Waals surface area contributed by atoms with Crippen molar-refractivity contribution in [1.29, 1.82) is 0 Å². The van der Waals surface area contributed by atoms with Gasteiger partial charge in [-0.15, -0.1) is 0 Å². The molecular formula is C17H25N. The van der Waals surface area contributed by atoms with Crippen LogP contribution in [0.3, 0.4) is 0 Å². The van der Waals surface area contributed by atoms with Crippen LogP contribution in [-0.2, 0) is 6.42 Å². The fourth-order valence-corrected chi connectivity index (χ4v) is 3.92. The molecule has 0 amide bonds. The highest BCUT2D eigenvalue weighted by atomic mass is 15.2. The second kappa shape index (κ2) is 5.88. The third-order valence-corrected chi connectivity index (χ3v) is 4.89. The average Bonchev–Trinajstić information content (AvgIpc) is 2.46. The first kappa shape index (κ1) is 12.2. The van der Waals surface area contributed by atoms with Crippen molar-refractivity contribution in [2.75, 3.05) is 13.1 Å². The minimum atomic E-state index is 0.913. The van der Waals surface area contributed by atoms with Crippen LogP contribution >= 0.6 is 0 Å². The van der Waals surface area contributed by atoms with Crippen LogP contribution in [0.5, 0.6) is 0 Å². The van der Waals surface area contributed by atoms with E-state index in [1.807, 2.05) is 0 Å². The lowest BCUT2D eigenvalue weighted by atomic mass is 9.78. The number of piperidine rings is 1. The van der Waals surface area contributed by atoms with E-state index < -0.39 is 0 Å². The fraction of sp³-hybridized carbons (Fsp3) is 0.647.